The lowest BCUT2D eigenvalue weighted by atomic mass is 10.1. The van der Waals surface area contributed by atoms with Gasteiger partial charge in [-0.1, -0.05) is 0 Å². The Morgan fingerprint density at radius 3 is 2.61 bits per heavy atom. The Morgan fingerprint density at radius 1 is 1.32 bits per heavy atom. The summed E-state index contributed by atoms with van der Waals surface area (Å²) in [6, 6.07) is 3.75. The summed E-state index contributed by atoms with van der Waals surface area (Å²) in [6.45, 7) is 3.58. The standard InChI is InChI=1S/C17H25N3O7S/c1-12(10-25-2)19-16(21)11-27-17(22)14-9-13(28(18,23)24)3-4-15(14)20-5-7-26-8-6-20/h3-4,9,12H,5-8,10-11H2,1-2H3,(H,19,21)(H2,18,23,24). The van der Waals surface area contributed by atoms with Gasteiger partial charge in [-0.05, 0) is 25.1 Å². The number of hydrogen-bond acceptors (Lipinski definition) is 8. The van der Waals surface area contributed by atoms with Crippen molar-refractivity contribution < 1.29 is 32.2 Å². The third-order valence-electron chi connectivity index (χ3n) is 4.03. The Hall–Kier alpha value is -2.21. The van der Waals surface area contributed by atoms with E-state index in [2.05, 4.69) is 5.32 Å². The van der Waals surface area contributed by atoms with Crippen LogP contribution in [0.4, 0.5) is 5.69 Å². The molecule has 1 aliphatic rings. The number of carbonyl (C=O) groups excluding carboxylic acids is 2. The Bertz CT molecular complexity index is 807. The maximum Gasteiger partial charge on any atom is 0.340 e. The fourth-order valence-electron chi connectivity index (χ4n) is 2.75. The van der Waals surface area contributed by atoms with Crippen LogP contribution >= 0.6 is 0 Å². The van der Waals surface area contributed by atoms with Crippen LogP contribution in [0.3, 0.4) is 0 Å². The van der Waals surface area contributed by atoms with Crippen molar-refractivity contribution in [3.63, 3.8) is 0 Å². The number of nitrogens with one attached hydrogen (secondary N) is 1. The number of carbonyl (C=O) groups is 2. The number of amides is 1. The van der Waals surface area contributed by atoms with Gasteiger partial charge in [-0.25, -0.2) is 18.4 Å². The maximum absolute atomic E-state index is 12.6. The van der Waals surface area contributed by atoms with E-state index in [1.807, 2.05) is 4.90 Å². The van der Waals surface area contributed by atoms with Crippen LogP contribution in [0.2, 0.25) is 0 Å². The zero-order chi connectivity index (χ0) is 20.7. The van der Waals surface area contributed by atoms with Crippen molar-refractivity contribution in [3.8, 4) is 0 Å². The first kappa shape index (κ1) is 22.1. The monoisotopic (exact) mass is 415 g/mol. The topological polar surface area (TPSA) is 137 Å². The van der Waals surface area contributed by atoms with Crippen LogP contribution < -0.4 is 15.4 Å². The molecular weight excluding hydrogens is 390 g/mol. The van der Waals surface area contributed by atoms with Crippen LogP contribution in [0.5, 0.6) is 0 Å². The SMILES string of the molecule is COCC(C)NC(=O)COC(=O)c1cc(S(N)(=O)=O)ccc1N1CCOCC1. The number of nitrogens with zero attached hydrogens (tertiary/aromatic N) is 1. The lowest BCUT2D eigenvalue weighted by molar-refractivity contribution is -0.125. The fourth-order valence-corrected chi connectivity index (χ4v) is 3.29. The zero-order valence-corrected chi connectivity index (χ0v) is 16.7. The van der Waals surface area contributed by atoms with Crippen molar-refractivity contribution in [1.82, 2.24) is 5.32 Å². The molecule has 11 heteroatoms. The summed E-state index contributed by atoms with van der Waals surface area (Å²) in [4.78, 5) is 26.1. The van der Waals surface area contributed by atoms with Gasteiger partial charge >= 0.3 is 5.97 Å². The molecule has 0 radical (unpaired) electrons. The van der Waals surface area contributed by atoms with Gasteiger partial charge in [0, 0.05) is 26.2 Å². The lowest BCUT2D eigenvalue weighted by Gasteiger charge is -2.30. The highest BCUT2D eigenvalue weighted by atomic mass is 32.2. The van der Waals surface area contributed by atoms with E-state index in [9.17, 15) is 18.0 Å². The Kier molecular flexibility index (Phi) is 7.75. The lowest BCUT2D eigenvalue weighted by Crippen LogP contribution is -2.39. The van der Waals surface area contributed by atoms with Crippen molar-refractivity contribution in [2.45, 2.75) is 17.9 Å². The van der Waals surface area contributed by atoms with Crippen LogP contribution in [0.1, 0.15) is 17.3 Å². The molecule has 1 heterocycles. The van der Waals surface area contributed by atoms with Gasteiger partial charge in [0.15, 0.2) is 6.61 Å². The van der Waals surface area contributed by atoms with E-state index in [1.165, 1.54) is 19.2 Å². The second-order valence-electron chi connectivity index (χ2n) is 6.32. The molecule has 0 saturated carbocycles. The highest BCUT2D eigenvalue weighted by Gasteiger charge is 2.23. The van der Waals surface area contributed by atoms with Gasteiger partial charge in [0.1, 0.15) is 0 Å². The number of sulfonamides is 1. The summed E-state index contributed by atoms with van der Waals surface area (Å²) in [5.74, 6) is -1.31. The molecule has 1 saturated heterocycles. The van der Waals surface area contributed by atoms with E-state index < -0.39 is 28.5 Å². The maximum atomic E-state index is 12.6. The normalized spacial score (nSPS) is 15.8. The molecule has 1 atom stereocenters. The minimum absolute atomic E-state index is 0.0196. The number of rotatable bonds is 8. The molecule has 1 unspecified atom stereocenters. The molecule has 1 aromatic rings. The van der Waals surface area contributed by atoms with Crippen molar-refractivity contribution in [3.05, 3.63) is 23.8 Å². The van der Waals surface area contributed by atoms with E-state index in [0.29, 0.717) is 38.6 Å². The van der Waals surface area contributed by atoms with Crippen LogP contribution in [0.25, 0.3) is 0 Å². The largest absolute Gasteiger partial charge is 0.452 e. The molecule has 28 heavy (non-hydrogen) atoms. The molecule has 1 aromatic carbocycles. The number of benzene rings is 1. The van der Waals surface area contributed by atoms with E-state index in [4.69, 9.17) is 19.3 Å². The Labute approximate surface area is 164 Å². The van der Waals surface area contributed by atoms with Crippen LogP contribution in [0.15, 0.2) is 23.1 Å². The Balaban J connectivity index is 2.17. The molecule has 1 amide bonds. The van der Waals surface area contributed by atoms with Crippen LogP contribution in [-0.2, 0) is 29.0 Å². The summed E-state index contributed by atoms with van der Waals surface area (Å²) in [7, 11) is -2.50. The summed E-state index contributed by atoms with van der Waals surface area (Å²) < 4.78 is 38.6. The second kappa shape index (κ2) is 9.82. The molecule has 156 valence electrons. The summed E-state index contributed by atoms with van der Waals surface area (Å²) in [6.07, 6.45) is 0. The average Bonchev–Trinajstić information content (AvgIpc) is 2.65. The number of esters is 1. The molecular formula is C17H25N3O7S. The average molecular weight is 415 g/mol. The van der Waals surface area contributed by atoms with Crippen molar-refractivity contribution in [2.75, 3.05) is 51.5 Å². The summed E-state index contributed by atoms with van der Waals surface area (Å²) in [5, 5.41) is 7.79. The molecule has 0 aromatic heterocycles. The summed E-state index contributed by atoms with van der Waals surface area (Å²) >= 11 is 0. The molecule has 3 N–H and O–H groups in total. The minimum atomic E-state index is -4.00. The second-order valence-corrected chi connectivity index (χ2v) is 7.88. The zero-order valence-electron chi connectivity index (χ0n) is 15.8. The first-order chi connectivity index (χ1) is 13.2. The van der Waals surface area contributed by atoms with E-state index in [-0.39, 0.29) is 16.5 Å². The molecule has 0 aliphatic carbocycles. The number of anilines is 1. The predicted octanol–water partition coefficient (Wildman–Crippen LogP) is -0.521. The van der Waals surface area contributed by atoms with E-state index in [1.54, 1.807) is 6.92 Å². The number of hydrogen-bond donors (Lipinski definition) is 2. The van der Waals surface area contributed by atoms with Gasteiger partial charge < -0.3 is 24.4 Å². The minimum Gasteiger partial charge on any atom is -0.452 e. The van der Waals surface area contributed by atoms with Crippen molar-refractivity contribution in [2.24, 2.45) is 5.14 Å². The fraction of sp³-hybridized carbons (Fsp3) is 0.529. The van der Waals surface area contributed by atoms with Gasteiger partial charge in [0.2, 0.25) is 10.0 Å². The van der Waals surface area contributed by atoms with Gasteiger partial charge in [0.05, 0.1) is 36.0 Å². The van der Waals surface area contributed by atoms with Gasteiger partial charge in [0.25, 0.3) is 5.91 Å². The molecule has 0 bridgehead atoms. The number of methoxy groups -OCH3 is 1. The highest BCUT2D eigenvalue weighted by Crippen LogP contribution is 2.25. The van der Waals surface area contributed by atoms with Gasteiger partial charge in [-0.2, -0.15) is 0 Å². The number of morpholine rings is 1. The number of primary sulfonamides is 1. The molecule has 1 fully saturated rings. The highest BCUT2D eigenvalue weighted by molar-refractivity contribution is 7.89. The molecule has 0 spiro atoms. The van der Waals surface area contributed by atoms with Crippen molar-refractivity contribution >= 4 is 27.6 Å². The molecule has 1 aliphatic heterocycles. The predicted molar refractivity (Wildman–Crippen MR) is 101 cm³/mol. The number of nitrogens with two attached hydrogens (primary N) is 1. The number of ether oxygens (including phenoxy) is 3. The smallest absolute Gasteiger partial charge is 0.340 e. The van der Waals surface area contributed by atoms with Crippen molar-refractivity contribution in [1.29, 1.82) is 0 Å². The molecule has 10 nitrogen and oxygen atoms in total. The first-order valence-electron chi connectivity index (χ1n) is 8.67. The van der Waals surface area contributed by atoms with Crippen LogP contribution in [0, 0.1) is 0 Å². The first-order valence-corrected chi connectivity index (χ1v) is 10.2. The van der Waals surface area contributed by atoms with E-state index >= 15 is 0 Å². The van der Waals surface area contributed by atoms with Crippen LogP contribution in [-0.4, -0.2) is 73.0 Å². The van der Waals surface area contributed by atoms with Gasteiger partial charge in [-0.15, -0.1) is 0 Å². The third kappa shape index (κ3) is 6.16. The van der Waals surface area contributed by atoms with Gasteiger partial charge in [-0.3, -0.25) is 4.79 Å². The quantitative estimate of drug-likeness (QED) is 0.541. The Morgan fingerprint density at radius 2 is 2.00 bits per heavy atom. The third-order valence-corrected chi connectivity index (χ3v) is 4.94. The molecule has 2 rings (SSSR count). The van der Waals surface area contributed by atoms with E-state index in [0.717, 1.165) is 6.07 Å². The summed E-state index contributed by atoms with van der Waals surface area (Å²) in [5.41, 5.74) is 0.514.